The molecular formula is C13H17ClN2O3S. The molecule has 1 aromatic rings. The molecule has 0 aliphatic carbocycles. The van der Waals surface area contributed by atoms with Crippen LogP contribution in [0.5, 0.6) is 0 Å². The average Bonchev–Trinajstić information content (AvgIpc) is 2.82. The van der Waals surface area contributed by atoms with Crippen LogP contribution in [0.25, 0.3) is 0 Å². The summed E-state index contributed by atoms with van der Waals surface area (Å²) in [6.45, 7) is 2.25. The highest BCUT2D eigenvalue weighted by Crippen LogP contribution is 2.24. The Bertz CT molecular complexity index is 631. The first kappa shape index (κ1) is 15.3. The summed E-state index contributed by atoms with van der Waals surface area (Å²) in [5.41, 5.74) is 1.49. The van der Waals surface area contributed by atoms with Crippen molar-refractivity contribution >= 4 is 33.2 Å². The zero-order valence-electron chi connectivity index (χ0n) is 11.4. The van der Waals surface area contributed by atoms with E-state index in [4.69, 9.17) is 11.6 Å². The molecule has 2 rings (SSSR count). The fraction of sp³-hybridized carbons (Fsp3) is 0.462. The van der Waals surface area contributed by atoms with Gasteiger partial charge in [-0.05, 0) is 37.5 Å². The molecule has 0 aromatic heterocycles. The molecule has 0 radical (unpaired) electrons. The normalized spacial score (nSPS) is 20.1. The third-order valence-corrected chi connectivity index (χ3v) is 4.91. The maximum Gasteiger partial charge on any atom is 0.242 e. The molecule has 110 valence electrons. The first-order chi connectivity index (χ1) is 9.29. The molecular weight excluding hydrogens is 300 g/mol. The van der Waals surface area contributed by atoms with Gasteiger partial charge in [0.1, 0.15) is 6.04 Å². The first-order valence-electron chi connectivity index (χ1n) is 6.33. The molecule has 0 unspecified atom stereocenters. The van der Waals surface area contributed by atoms with Crippen molar-refractivity contribution in [2.24, 2.45) is 0 Å². The molecule has 1 amide bonds. The Morgan fingerprint density at radius 2 is 2.15 bits per heavy atom. The van der Waals surface area contributed by atoms with Crippen LogP contribution in [0, 0.1) is 6.92 Å². The molecule has 1 fully saturated rings. The zero-order valence-corrected chi connectivity index (χ0v) is 13.0. The van der Waals surface area contributed by atoms with E-state index in [0.717, 1.165) is 11.8 Å². The molecule has 1 saturated heterocycles. The van der Waals surface area contributed by atoms with Crippen LogP contribution >= 0.6 is 11.6 Å². The van der Waals surface area contributed by atoms with Crippen molar-refractivity contribution in [2.75, 3.05) is 18.1 Å². The molecule has 1 heterocycles. The van der Waals surface area contributed by atoms with Crippen LogP contribution in [0.2, 0.25) is 5.02 Å². The summed E-state index contributed by atoms with van der Waals surface area (Å²) >= 11 is 5.90. The van der Waals surface area contributed by atoms with Crippen LogP contribution in [-0.2, 0) is 14.8 Å². The van der Waals surface area contributed by atoms with Crippen LogP contribution in [0.3, 0.4) is 0 Å². The standard InChI is InChI=1S/C13H17ClN2O3S/c1-9-5-6-10(14)8-11(9)15-13(17)12-4-3-7-16(12)20(2,18)19/h5-6,8,12H,3-4,7H2,1-2H3,(H,15,17)/t12-/m1/s1. The summed E-state index contributed by atoms with van der Waals surface area (Å²) in [5, 5.41) is 3.29. The molecule has 5 nitrogen and oxygen atoms in total. The number of hydrogen-bond donors (Lipinski definition) is 1. The minimum atomic E-state index is -3.36. The molecule has 0 spiro atoms. The monoisotopic (exact) mass is 316 g/mol. The van der Waals surface area contributed by atoms with Crippen molar-refractivity contribution in [3.8, 4) is 0 Å². The highest BCUT2D eigenvalue weighted by molar-refractivity contribution is 7.88. The van der Waals surface area contributed by atoms with Crippen molar-refractivity contribution in [3.05, 3.63) is 28.8 Å². The lowest BCUT2D eigenvalue weighted by atomic mass is 10.1. The summed E-state index contributed by atoms with van der Waals surface area (Å²) < 4.78 is 24.5. The number of amides is 1. The Balaban J connectivity index is 2.18. The number of hydrogen-bond acceptors (Lipinski definition) is 3. The number of benzene rings is 1. The van der Waals surface area contributed by atoms with E-state index < -0.39 is 16.1 Å². The number of nitrogens with zero attached hydrogens (tertiary/aromatic N) is 1. The van der Waals surface area contributed by atoms with Crippen LogP contribution in [-0.4, -0.2) is 37.5 Å². The SMILES string of the molecule is Cc1ccc(Cl)cc1NC(=O)[C@H]1CCCN1S(C)(=O)=O. The van der Waals surface area contributed by atoms with Gasteiger partial charge in [0.15, 0.2) is 0 Å². The van der Waals surface area contributed by atoms with E-state index in [2.05, 4.69) is 5.32 Å². The minimum Gasteiger partial charge on any atom is -0.324 e. The lowest BCUT2D eigenvalue weighted by Gasteiger charge is -2.21. The number of anilines is 1. The predicted octanol–water partition coefficient (Wildman–Crippen LogP) is 2.01. The number of rotatable bonds is 3. The minimum absolute atomic E-state index is 0.307. The first-order valence-corrected chi connectivity index (χ1v) is 8.55. The molecule has 1 atom stereocenters. The van der Waals surface area contributed by atoms with Gasteiger partial charge in [-0.2, -0.15) is 4.31 Å². The number of halogens is 1. The van der Waals surface area contributed by atoms with Gasteiger partial charge in [0.2, 0.25) is 15.9 Å². The highest BCUT2D eigenvalue weighted by atomic mass is 35.5. The largest absolute Gasteiger partial charge is 0.324 e. The molecule has 1 aromatic carbocycles. The van der Waals surface area contributed by atoms with E-state index in [9.17, 15) is 13.2 Å². The molecule has 0 bridgehead atoms. The van der Waals surface area contributed by atoms with Gasteiger partial charge in [0.05, 0.1) is 6.26 Å². The lowest BCUT2D eigenvalue weighted by molar-refractivity contribution is -0.119. The summed E-state index contributed by atoms with van der Waals surface area (Å²) in [7, 11) is -3.36. The summed E-state index contributed by atoms with van der Waals surface area (Å²) in [6, 6.07) is 4.57. The zero-order chi connectivity index (χ0) is 14.9. The van der Waals surface area contributed by atoms with Crippen LogP contribution in [0.1, 0.15) is 18.4 Å². The number of sulfonamides is 1. The fourth-order valence-corrected chi connectivity index (χ4v) is 3.64. The van der Waals surface area contributed by atoms with Gasteiger partial charge in [0.25, 0.3) is 0 Å². The van der Waals surface area contributed by atoms with Crippen molar-refractivity contribution in [1.29, 1.82) is 0 Å². The van der Waals surface area contributed by atoms with Gasteiger partial charge < -0.3 is 5.32 Å². The number of aryl methyl sites for hydroxylation is 1. The van der Waals surface area contributed by atoms with E-state index in [1.165, 1.54) is 4.31 Å². The summed E-state index contributed by atoms with van der Waals surface area (Å²) in [6.07, 6.45) is 2.36. The topological polar surface area (TPSA) is 66.5 Å². The van der Waals surface area contributed by atoms with Gasteiger partial charge in [-0.15, -0.1) is 0 Å². The second-order valence-electron chi connectivity index (χ2n) is 4.98. The Morgan fingerprint density at radius 1 is 1.45 bits per heavy atom. The second kappa shape index (κ2) is 5.71. The Labute approximate surface area is 124 Å². The van der Waals surface area contributed by atoms with Crippen LogP contribution < -0.4 is 5.32 Å². The molecule has 1 aliphatic heterocycles. The molecule has 1 aliphatic rings. The quantitative estimate of drug-likeness (QED) is 0.927. The van der Waals surface area contributed by atoms with Gasteiger partial charge in [0, 0.05) is 17.3 Å². The maximum absolute atomic E-state index is 12.3. The van der Waals surface area contributed by atoms with Gasteiger partial charge in [-0.3, -0.25) is 4.79 Å². The number of carbonyl (C=O) groups excluding carboxylic acids is 1. The molecule has 1 N–H and O–H groups in total. The lowest BCUT2D eigenvalue weighted by Crippen LogP contribution is -2.42. The van der Waals surface area contributed by atoms with E-state index in [1.54, 1.807) is 18.2 Å². The summed E-state index contributed by atoms with van der Waals surface area (Å²) in [5.74, 6) is -0.307. The second-order valence-corrected chi connectivity index (χ2v) is 7.35. The van der Waals surface area contributed by atoms with Crippen molar-refractivity contribution < 1.29 is 13.2 Å². The third-order valence-electron chi connectivity index (χ3n) is 3.39. The van der Waals surface area contributed by atoms with Crippen LogP contribution in [0.15, 0.2) is 18.2 Å². The Hall–Kier alpha value is -1.11. The predicted molar refractivity (Wildman–Crippen MR) is 79.4 cm³/mol. The smallest absolute Gasteiger partial charge is 0.242 e. The molecule has 0 saturated carbocycles. The van der Waals surface area contributed by atoms with E-state index >= 15 is 0 Å². The fourth-order valence-electron chi connectivity index (χ4n) is 2.34. The number of carbonyl (C=O) groups is 1. The van der Waals surface area contributed by atoms with Gasteiger partial charge in [-0.25, -0.2) is 8.42 Å². The van der Waals surface area contributed by atoms with Gasteiger partial charge in [-0.1, -0.05) is 17.7 Å². The maximum atomic E-state index is 12.3. The molecule has 20 heavy (non-hydrogen) atoms. The van der Waals surface area contributed by atoms with Crippen molar-refractivity contribution in [1.82, 2.24) is 4.31 Å². The van der Waals surface area contributed by atoms with Gasteiger partial charge >= 0.3 is 0 Å². The highest BCUT2D eigenvalue weighted by Gasteiger charge is 2.36. The average molecular weight is 317 g/mol. The van der Waals surface area contributed by atoms with Crippen molar-refractivity contribution in [3.63, 3.8) is 0 Å². The van der Waals surface area contributed by atoms with E-state index in [-0.39, 0.29) is 5.91 Å². The van der Waals surface area contributed by atoms with Crippen molar-refractivity contribution in [2.45, 2.75) is 25.8 Å². The Morgan fingerprint density at radius 3 is 2.80 bits per heavy atom. The van der Waals surface area contributed by atoms with E-state index in [0.29, 0.717) is 30.1 Å². The Kier molecular flexibility index (Phi) is 4.36. The molecule has 7 heteroatoms. The summed E-state index contributed by atoms with van der Waals surface area (Å²) in [4.78, 5) is 12.3. The van der Waals surface area contributed by atoms with E-state index in [1.807, 2.05) is 6.92 Å². The van der Waals surface area contributed by atoms with Crippen LogP contribution in [0.4, 0.5) is 5.69 Å². The number of nitrogens with one attached hydrogen (secondary N) is 1. The third kappa shape index (κ3) is 3.31.